The summed E-state index contributed by atoms with van der Waals surface area (Å²) < 4.78 is 1.98. The van der Waals surface area contributed by atoms with Crippen molar-refractivity contribution in [3.8, 4) is 11.6 Å². The molecule has 0 saturated heterocycles. The van der Waals surface area contributed by atoms with Gasteiger partial charge in [0.25, 0.3) is 5.91 Å². The molecule has 4 rings (SSSR count). The van der Waals surface area contributed by atoms with Gasteiger partial charge in [-0.25, -0.2) is 9.56 Å². The molecule has 0 saturated carbocycles. The summed E-state index contributed by atoms with van der Waals surface area (Å²) in [4.78, 5) is 28.5. The number of aromatic hydroxyl groups is 1. The van der Waals surface area contributed by atoms with E-state index >= 15 is 0 Å². The second-order valence-electron chi connectivity index (χ2n) is 5.15. The van der Waals surface area contributed by atoms with Crippen molar-refractivity contribution in [2.24, 2.45) is 4.99 Å². The van der Waals surface area contributed by atoms with Crippen molar-refractivity contribution in [3.63, 3.8) is 0 Å². The Balaban J connectivity index is 2.04. The van der Waals surface area contributed by atoms with E-state index in [0.29, 0.717) is 16.3 Å². The predicted octanol–water partition coefficient (Wildman–Crippen LogP) is 1.73. The SMILES string of the molecule is O=C1N=c2ccc(Br)cc2=C1c1sc(=O)n(-c2ccccc2)c1O. The fraction of sp³-hybridized carbons (Fsp3) is 0. The van der Waals surface area contributed by atoms with E-state index in [1.807, 2.05) is 6.07 Å². The van der Waals surface area contributed by atoms with E-state index in [4.69, 9.17) is 0 Å². The van der Waals surface area contributed by atoms with Crippen LogP contribution in [0.2, 0.25) is 0 Å². The van der Waals surface area contributed by atoms with E-state index in [1.165, 1.54) is 4.57 Å². The molecular formula is C17H9BrN2O3S. The Kier molecular flexibility index (Phi) is 3.47. The number of hydrogen-bond acceptors (Lipinski definition) is 4. The topological polar surface area (TPSA) is 71.7 Å². The van der Waals surface area contributed by atoms with Crippen LogP contribution in [0, 0.1) is 0 Å². The maximum atomic E-state index is 12.4. The molecule has 0 radical (unpaired) electrons. The fourth-order valence-corrected chi connectivity index (χ4v) is 3.94. The molecule has 3 aromatic rings. The summed E-state index contributed by atoms with van der Waals surface area (Å²) in [6, 6.07) is 14.1. The van der Waals surface area contributed by atoms with Gasteiger partial charge in [0.2, 0.25) is 5.88 Å². The lowest BCUT2D eigenvalue weighted by Gasteiger charge is -2.03. The molecule has 0 atom stereocenters. The van der Waals surface area contributed by atoms with Crippen LogP contribution in [-0.4, -0.2) is 15.6 Å². The molecule has 2 aromatic carbocycles. The van der Waals surface area contributed by atoms with Crippen LogP contribution in [-0.2, 0) is 4.79 Å². The van der Waals surface area contributed by atoms with Crippen molar-refractivity contribution in [3.05, 3.63) is 78.1 Å². The Labute approximate surface area is 148 Å². The van der Waals surface area contributed by atoms with Crippen LogP contribution in [0.5, 0.6) is 5.88 Å². The lowest BCUT2D eigenvalue weighted by Crippen LogP contribution is -2.22. The highest BCUT2D eigenvalue weighted by molar-refractivity contribution is 9.10. The number of fused-ring (bicyclic) bond motifs is 1. The van der Waals surface area contributed by atoms with Gasteiger partial charge in [0.1, 0.15) is 4.88 Å². The molecule has 118 valence electrons. The van der Waals surface area contributed by atoms with E-state index in [-0.39, 0.29) is 21.2 Å². The minimum absolute atomic E-state index is 0.231. The van der Waals surface area contributed by atoms with Gasteiger partial charge < -0.3 is 5.11 Å². The van der Waals surface area contributed by atoms with Crippen LogP contribution in [0.3, 0.4) is 0 Å². The summed E-state index contributed by atoms with van der Waals surface area (Å²) in [5.74, 6) is -0.706. The highest BCUT2D eigenvalue weighted by atomic mass is 79.9. The first kappa shape index (κ1) is 15.0. The maximum absolute atomic E-state index is 12.4. The van der Waals surface area contributed by atoms with E-state index in [0.717, 1.165) is 15.8 Å². The summed E-state index contributed by atoms with van der Waals surface area (Å²) in [6.45, 7) is 0. The molecule has 1 aromatic heterocycles. The zero-order chi connectivity index (χ0) is 16.8. The predicted molar refractivity (Wildman–Crippen MR) is 94.0 cm³/mol. The van der Waals surface area contributed by atoms with Gasteiger partial charge in [-0.3, -0.25) is 9.59 Å². The number of carbonyl (C=O) groups is 1. The minimum Gasteiger partial charge on any atom is -0.493 e. The number of carbonyl (C=O) groups excluding carboxylic acids is 1. The Morgan fingerprint density at radius 1 is 1.08 bits per heavy atom. The average molecular weight is 401 g/mol. The van der Waals surface area contributed by atoms with Crippen molar-refractivity contribution >= 4 is 38.7 Å². The first-order valence-corrected chi connectivity index (χ1v) is 8.61. The standard InChI is InChI=1S/C17H9BrN2O3S/c18-9-6-7-12-11(8-9)13(15(21)19-12)14-16(22)20(17(23)24-14)10-4-2-1-3-5-10/h1-8,22H. The number of nitrogens with zero attached hydrogens (tertiary/aromatic N) is 2. The summed E-state index contributed by atoms with van der Waals surface area (Å²) >= 11 is 4.20. The normalized spacial score (nSPS) is 13.0. The number of rotatable bonds is 2. The summed E-state index contributed by atoms with van der Waals surface area (Å²) in [7, 11) is 0. The number of para-hydroxylation sites is 1. The first-order valence-electron chi connectivity index (χ1n) is 7.00. The van der Waals surface area contributed by atoms with E-state index < -0.39 is 5.91 Å². The van der Waals surface area contributed by atoms with Gasteiger partial charge in [-0.05, 0) is 30.3 Å². The third-order valence-electron chi connectivity index (χ3n) is 3.69. The van der Waals surface area contributed by atoms with E-state index in [1.54, 1.807) is 42.5 Å². The van der Waals surface area contributed by atoms with Crippen molar-refractivity contribution in [1.29, 1.82) is 0 Å². The molecule has 5 nitrogen and oxygen atoms in total. The molecule has 1 aliphatic rings. The molecule has 0 unspecified atom stereocenters. The molecule has 7 heteroatoms. The second kappa shape index (κ2) is 5.54. The smallest absolute Gasteiger partial charge is 0.315 e. The van der Waals surface area contributed by atoms with Crippen molar-refractivity contribution < 1.29 is 9.90 Å². The molecule has 24 heavy (non-hydrogen) atoms. The fourth-order valence-electron chi connectivity index (χ4n) is 2.64. The van der Waals surface area contributed by atoms with Gasteiger partial charge in [-0.15, -0.1) is 0 Å². The zero-order valence-corrected chi connectivity index (χ0v) is 14.5. The molecule has 1 N–H and O–H groups in total. The molecule has 0 bridgehead atoms. The monoisotopic (exact) mass is 400 g/mol. The lowest BCUT2D eigenvalue weighted by atomic mass is 10.1. The molecular weight excluding hydrogens is 392 g/mol. The number of halogens is 1. The molecule has 2 heterocycles. The summed E-state index contributed by atoms with van der Waals surface area (Å²) in [5.41, 5.74) is 0.792. The molecule has 0 fully saturated rings. The van der Waals surface area contributed by atoms with Gasteiger partial charge in [0.15, 0.2) is 0 Å². The third kappa shape index (κ3) is 2.24. The van der Waals surface area contributed by atoms with Crippen molar-refractivity contribution in [1.82, 2.24) is 4.57 Å². The highest BCUT2D eigenvalue weighted by Crippen LogP contribution is 2.30. The van der Waals surface area contributed by atoms with Crippen molar-refractivity contribution in [2.75, 3.05) is 0 Å². The Morgan fingerprint density at radius 2 is 1.83 bits per heavy atom. The van der Waals surface area contributed by atoms with Gasteiger partial charge in [0.05, 0.1) is 16.6 Å². The average Bonchev–Trinajstić information content (AvgIpc) is 3.03. The third-order valence-corrected chi connectivity index (χ3v) is 5.13. The largest absolute Gasteiger partial charge is 0.493 e. The van der Waals surface area contributed by atoms with Gasteiger partial charge in [-0.2, -0.15) is 0 Å². The number of aromatic nitrogens is 1. The Bertz CT molecular complexity index is 1160. The molecule has 0 spiro atoms. The molecule has 1 aliphatic heterocycles. The van der Waals surface area contributed by atoms with Crippen molar-refractivity contribution in [2.45, 2.75) is 0 Å². The van der Waals surface area contributed by atoms with E-state index in [9.17, 15) is 14.7 Å². The quantitative estimate of drug-likeness (QED) is 0.711. The zero-order valence-electron chi connectivity index (χ0n) is 12.1. The molecule has 0 aliphatic carbocycles. The van der Waals surface area contributed by atoms with Crippen LogP contribution >= 0.6 is 27.3 Å². The highest BCUT2D eigenvalue weighted by Gasteiger charge is 2.26. The minimum atomic E-state index is -0.458. The first-order chi connectivity index (χ1) is 11.6. The van der Waals surface area contributed by atoms with Crippen LogP contribution in [0.1, 0.15) is 4.88 Å². The van der Waals surface area contributed by atoms with E-state index in [2.05, 4.69) is 20.9 Å². The van der Waals surface area contributed by atoms with Crippen LogP contribution < -0.4 is 15.4 Å². The number of hydrogen-bond donors (Lipinski definition) is 1. The lowest BCUT2D eigenvalue weighted by molar-refractivity contribution is -0.112. The molecule has 1 amide bonds. The summed E-state index contributed by atoms with van der Waals surface area (Å²) in [5, 5.41) is 11.7. The Morgan fingerprint density at radius 3 is 2.58 bits per heavy atom. The maximum Gasteiger partial charge on any atom is 0.315 e. The second-order valence-corrected chi connectivity index (χ2v) is 7.02. The van der Waals surface area contributed by atoms with Crippen LogP contribution in [0.15, 0.2) is 62.8 Å². The van der Waals surface area contributed by atoms with Crippen LogP contribution in [0.25, 0.3) is 11.3 Å². The van der Waals surface area contributed by atoms with Gasteiger partial charge in [0, 0.05) is 9.69 Å². The van der Waals surface area contributed by atoms with Crippen LogP contribution in [0.4, 0.5) is 0 Å². The number of thiazole rings is 1. The number of amides is 1. The Hall–Kier alpha value is -2.51. The van der Waals surface area contributed by atoms with Gasteiger partial charge >= 0.3 is 4.87 Å². The number of benzene rings is 2. The summed E-state index contributed by atoms with van der Waals surface area (Å²) in [6.07, 6.45) is 0. The van der Waals surface area contributed by atoms with Gasteiger partial charge in [-0.1, -0.05) is 45.5 Å².